The van der Waals surface area contributed by atoms with Crippen LogP contribution >= 0.6 is 23.4 Å². The molecule has 172 valence electrons. The van der Waals surface area contributed by atoms with Crippen LogP contribution in [0.2, 0.25) is 5.02 Å². The smallest absolute Gasteiger partial charge is 0.247 e. The first kappa shape index (κ1) is 23.4. The summed E-state index contributed by atoms with van der Waals surface area (Å²) in [5, 5.41) is 9.27. The Bertz CT molecular complexity index is 1140. The Hall–Kier alpha value is -2.71. The molecular weight excluding hydrogens is 463 g/mol. The fraction of sp³-hybridized carbons (Fsp3) is 0.333. The van der Waals surface area contributed by atoms with Gasteiger partial charge in [0.1, 0.15) is 5.82 Å². The maximum Gasteiger partial charge on any atom is 0.247 e. The van der Waals surface area contributed by atoms with E-state index in [0.717, 1.165) is 18.6 Å². The molecule has 3 aromatic rings. The Morgan fingerprint density at radius 2 is 1.97 bits per heavy atom. The van der Waals surface area contributed by atoms with E-state index in [0.29, 0.717) is 22.1 Å². The van der Waals surface area contributed by atoms with Gasteiger partial charge in [0.25, 0.3) is 0 Å². The van der Waals surface area contributed by atoms with E-state index in [1.54, 1.807) is 18.2 Å². The number of nitrogens with zero attached hydrogens (tertiary/aromatic N) is 4. The third-order valence-corrected chi connectivity index (χ3v) is 6.58. The highest BCUT2D eigenvalue weighted by molar-refractivity contribution is 7.99. The molecule has 0 saturated heterocycles. The molecule has 0 bridgehead atoms. The predicted octanol–water partition coefficient (Wildman–Crippen LogP) is 6.45. The normalized spacial score (nSPS) is 14.8. The van der Waals surface area contributed by atoms with Gasteiger partial charge in [-0.15, -0.1) is 10.2 Å². The molecule has 1 amide bonds. The number of ether oxygens (including phenoxy) is 1. The van der Waals surface area contributed by atoms with E-state index < -0.39 is 12.0 Å². The van der Waals surface area contributed by atoms with Gasteiger partial charge >= 0.3 is 0 Å². The van der Waals surface area contributed by atoms with Crippen LogP contribution in [0.4, 0.5) is 10.1 Å². The van der Waals surface area contributed by atoms with Crippen molar-refractivity contribution in [2.45, 2.75) is 50.9 Å². The highest BCUT2D eigenvalue weighted by Crippen LogP contribution is 2.44. The number of benzene rings is 2. The first-order chi connectivity index (χ1) is 16.0. The number of hydrogen-bond acceptors (Lipinski definition) is 6. The zero-order valence-corrected chi connectivity index (χ0v) is 20.0. The summed E-state index contributed by atoms with van der Waals surface area (Å²) >= 11 is 7.87. The van der Waals surface area contributed by atoms with Gasteiger partial charge in [-0.05, 0) is 24.6 Å². The highest BCUT2D eigenvalue weighted by atomic mass is 35.5. The zero-order chi connectivity index (χ0) is 23.4. The summed E-state index contributed by atoms with van der Waals surface area (Å²) in [7, 11) is 0. The third kappa shape index (κ3) is 4.96. The summed E-state index contributed by atoms with van der Waals surface area (Å²) in [6, 6.07) is 11.6. The van der Waals surface area contributed by atoms with E-state index in [-0.39, 0.29) is 22.4 Å². The van der Waals surface area contributed by atoms with E-state index in [9.17, 15) is 9.18 Å². The molecule has 0 aliphatic carbocycles. The molecule has 1 aliphatic heterocycles. The molecule has 0 spiro atoms. The topological polar surface area (TPSA) is 68.2 Å². The lowest BCUT2D eigenvalue weighted by Gasteiger charge is -2.30. The van der Waals surface area contributed by atoms with Gasteiger partial charge in [0.15, 0.2) is 5.69 Å². The van der Waals surface area contributed by atoms with Crippen molar-refractivity contribution < 1.29 is 13.9 Å². The van der Waals surface area contributed by atoms with E-state index in [1.807, 2.05) is 12.1 Å². The first-order valence-corrected chi connectivity index (χ1v) is 12.2. The zero-order valence-electron chi connectivity index (χ0n) is 18.4. The van der Waals surface area contributed by atoms with Gasteiger partial charge in [0.05, 0.1) is 16.3 Å². The quantitative estimate of drug-likeness (QED) is 0.282. The number of amides is 1. The van der Waals surface area contributed by atoms with Crippen LogP contribution in [-0.4, -0.2) is 26.8 Å². The second-order valence-electron chi connectivity index (χ2n) is 7.67. The minimum Gasteiger partial charge on any atom is -0.447 e. The van der Waals surface area contributed by atoms with Gasteiger partial charge in [0.2, 0.25) is 23.2 Å². The van der Waals surface area contributed by atoms with Crippen molar-refractivity contribution in [1.29, 1.82) is 0 Å². The molecule has 1 aliphatic rings. The molecule has 0 fully saturated rings. The molecule has 2 aromatic carbocycles. The molecule has 0 radical (unpaired) electrons. The van der Waals surface area contributed by atoms with Crippen LogP contribution in [0.25, 0.3) is 11.3 Å². The fourth-order valence-corrected chi connectivity index (χ4v) is 4.77. The van der Waals surface area contributed by atoms with Crippen LogP contribution in [0.3, 0.4) is 0 Å². The maximum absolute atomic E-state index is 14.9. The molecule has 0 saturated carbocycles. The number of fused-ring (bicyclic) bond motifs is 3. The van der Waals surface area contributed by atoms with Gasteiger partial charge in [-0.1, -0.05) is 73.8 Å². The van der Waals surface area contributed by atoms with Crippen molar-refractivity contribution in [1.82, 2.24) is 15.2 Å². The Labute approximate surface area is 201 Å². The van der Waals surface area contributed by atoms with Crippen LogP contribution < -0.4 is 9.64 Å². The summed E-state index contributed by atoms with van der Waals surface area (Å²) in [5.74, 6) is 0.131. The second-order valence-corrected chi connectivity index (χ2v) is 9.14. The highest BCUT2D eigenvalue weighted by Gasteiger charge is 2.37. The molecule has 33 heavy (non-hydrogen) atoms. The first-order valence-electron chi connectivity index (χ1n) is 10.9. The van der Waals surface area contributed by atoms with Crippen LogP contribution in [0.1, 0.15) is 51.3 Å². The molecule has 2 heterocycles. The number of carbonyl (C=O) groups excluding carboxylic acids is 1. The number of halogens is 2. The van der Waals surface area contributed by atoms with Crippen molar-refractivity contribution in [3.8, 4) is 17.1 Å². The van der Waals surface area contributed by atoms with Gasteiger partial charge in [-0.2, -0.15) is 4.98 Å². The van der Waals surface area contributed by atoms with Gasteiger partial charge in [-0.3, -0.25) is 9.69 Å². The SMILES string of the molecule is CCCCCCSc1nnc2c(n1)O[C@H](c1c(F)cccc1Cl)N(C(C)=O)c1ccccc1-2. The van der Waals surface area contributed by atoms with Crippen LogP contribution in [0.5, 0.6) is 5.88 Å². The Morgan fingerprint density at radius 3 is 2.73 bits per heavy atom. The molecule has 1 aromatic heterocycles. The number of hydrogen-bond donors (Lipinski definition) is 0. The van der Waals surface area contributed by atoms with E-state index in [2.05, 4.69) is 22.1 Å². The average molecular weight is 487 g/mol. The second kappa shape index (κ2) is 10.5. The number of rotatable bonds is 7. The van der Waals surface area contributed by atoms with Crippen molar-refractivity contribution in [2.24, 2.45) is 0 Å². The number of carbonyl (C=O) groups is 1. The standard InChI is InChI=1S/C24H24ClFN4O2S/c1-3-4-5-8-14-33-24-27-22-21(28-29-24)16-10-6-7-13-19(16)30(15(2)31)23(32-22)20-17(25)11-9-12-18(20)26/h6-7,9-13,23H,3-5,8,14H2,1-2H3/t23-/m1/s1. The van der Waals surface area contributed by atoms with Gasteiger partial charge in [-0.25, -0.2) is 4.39 Å². The minimum atomic E-state index is -1.15. The fourth-order valence-electron chi connectivity index (χ4n) is 3.74. The molecule has 4 rings (SSSR count). The number of unbranched alkanes of at least 4 members (excludes halogenated alkanes) is 3. The molecule has 0 unspecified atom stereocenters. The van der Waals surface area contributed by atoms with E-state index in [1.165, 1.54) is 48.6 Å². The van der Waals surface area contributed by atoms with Crippen molar-refractivity contribution in [3.05, 3.63) is 58.9 Å². The molecule has 1 atom stereocenters. The minimum absolute atomic E-state index is 0.0596. The predicted molar refractivity (Wildman–Crippen MR) is 128 cm³/mol. The van der Waals surface area contributed by atoms with Crippen molar-refractivity contribution >= 4 is 35.0 Å². The Morgan fingerprint density at radius 1 is 1.15 bits per heavy atom. The number of anilines is 1. The number of para-hydroxylation sites is 1. The average Bonchev–Trinajstić information content (AvgIpc) is 2.93. The van der Waals surface area contributed by atoms with Gasteiger partial charge < -0.3 is 4.74 Å². The van der Waals surface area contributed by atoms with E-state index in [4.69, 9.17) is 16.3 Å². The van der Waals surface area contributed by atoms with Crippen LogP contribution in [0.15, 0.2) is 47.6 Å². The summed E-state index contributed by atoms with van der Waals surface area (Å²) in [6.07, 6.45) is 3.40. The lowest BCUT2D eigenvalue weighted by molar-refractivity contribution is -0.118. The maximum atomic E-state index is 14.9. The Balaban J connectivity index is 1.79. The van der Waals surface area contributed by atoms with E-state index >= 15 is 0 Å². The summed E-state index contributed by atoms with van der Waals surface area (Å²) < 4.78 is 21.1. The molecular formula is C24H24ClFN4O2S. The lowest BCUT2D eigenvalue weighted by Crippen LogP contribution is -2.36. The largest absolute Gasteiger partial charge is 0.447 e. The van der Waals surface area contributed by atoms with Crippen molar-refractivity contribution in [3.63, 3.8) is 0 Å². The monoisotopic (exact) mass is 486 g/mol. The van der Waals surface area contributed by atoms with Crippen LogP contribution in [-0.2, 0) is 4.79 Å². The summed E-state index contributed by atoms with van der Waals surface area (Å²) in [4.78, 5) is 18.7. The summed E-state index contributed by atoms with van der Waals surface area (Å²) in [6.45, 7) is 3.57. The molecule has 9 heteroatoms. The third-order valence-electron chi connectivity index (χ3n) is 5.33. The number of aromatic nitrogens is 3. The summed E-state index contributed by atoms with van der Waals surface area (Å²) in [5.41, 5.74) is 1.59. The molecule has 0 N–H and O–H groups in total. The number of thioether (sulfide) groups is 1. The van der Waals surface area contributed by atoms with Crippen LogP contribution in [0, 0.1) is 5.82 Å². The molecule has 6 nitrogen and oxygen atoms in total. The van der Waals surface area contributed by atoms with Gasteiger partial charge in [0, 0.05) is 18.2 Å². The Kier molecular flexibility index (Phi) is 7.45. The van der Waals surface area contributed by atoms with Crippen molar-refractivity contribution in [2.75, 3.05) is 10.7 Å². The lowest BCUT2D eigenvalue weighted by atomic mass is 10.1.